The van der Waals surface area contributed by atoms with Crippen LogP contribution in [0.15, 0.2) is 48.5 Å². The van der Waals surface area contributed by atoms with Crippen molar-refractivity contribution < 1.29 is 29.1 Å². The molecule has 2 aromatic carbocycles. The zero-order valence-electron chi connectivity index (χ0n) is 16.9. The third kappa shape index (κ3) is 4.27. The number of aromatic nitrogens is 3. The number of amides is 2. The number of ether oxygens (including phenoxy) is 1. The molecule has 0 saturated carbocycles. The number of anilines is 1. The number of nitrogens with one attached hydrogen (secondary N) is 2. The Morgan fingerprint density at radius 3 is 2.34 bits per heavy atom. The molecule has 0 atom stereocenters. The van der Waals surface area contributed by atoms with E-state index in [2.05, 4.69) is 20.5 Å². The lowest BCUT2D eigenvalue weighted by atomic mass is 9.98. The molecule has 0 aliphatic heterocycles. The molecular formula is C21H19N5O6. The quantitative estimate of drug-likeness (QED) is 0.477. The van der Waals surface area contributed by atoms with Gasteiger partial charge in [-0.05, 0) is 22.3 Å². The number of carbonyl (C=O) groups is 3. The van der Waals surface area contributed by atoms with Crippen LogP contribution in [0.2, 0.25) is 0 Å². The molecule has 0 bridgehead atoms. The number of carbonyl (C=O) groups excluding carboxylic acids is 2. The van der Waals surface area contributed by atoms with E-state index in [-0.39, 0.29) is 24.3 Å². The third-order valence-electron chi connectivity index (χ3n) is 4.91. The number of carboxylic acids is 1. The second-order valence-electron chi connectivity index (χ2n) is 6.93. The van der Waals surface area contributed by atoms with Crippen molar-refractivity contribution in [1.29, 1.82) is 0 Å². The highest BCUT2D eigenvalue weighted by Crippen LogP contribution is 2.44. The van der Waals surface area contributed by atoms with E-state index >= 15 is 0 Å². The summed E-state index contributed by atoms with van der Waals surface area (Å²) < 4.78 is 5.40. The Morgan fingerprint density at radius 2 is 1.72 bits per heavy atom. The van der Waals surface area contributed by atoms with Crippen molar-refractivity contribution in [2.45, 2.75) is 5.92 Å². The molecule has 0 radical (unpaired) electrons. The predicted molar refractivity (Wildman–Crippen MR) is 111 cm³/mol. The van der Waals surface area contributed by atoms with Crippen LogP contribution in [0, 0.1) is 0 Å². The fourth-order valence-electron chi connectivity index (χ4n) is 3.50. The molecule has 1 heterocycles. The fourth-order valence-corrected chi connectivity index (χ4v) is 3.50. The number of H-pyrrole nitrogens is 1. The Bertz CT molecular complexity index is 1130. The van der Waals surface area contributed by atoms with Crippen molar-refractivity contribution in [1.82, 2.24) is 20.2 Å². The molecule has 1 aliphatic carbocycles. The van der Waals surface area contributed by atoms with Gasteiger partial charge in [0.1, 0.15) is 6.61 Å². The summed E-state index contributed by atoms with van der Waals surface area (Å²) in [6.07, 6.45) is -0.777. The van der Waals surface area contributed by atoms with Crippen LogP contribution < -0.4 is 5.32 Å². The SMILES string of the molecule is CN(OCC(=O)O)C(=O)c1nc(NC(=O)OCC2c3ccccc3-c3ccccc32)n[nH]1. The number of hydroxylamine groups is 2. The lowest BCUT2D eigenvalue weighted by Crippen LogP contribution is -2.30. The highest BCUT2D eigenvalue weighted by molar-refractivity contribution is 5.90. The topological polar surface area (TPSA) is 147 Å². The zero-order chi connectivity index (χ0) is 22.7. The van der Waals surface area contributed by atoms with Crippen LogP contribution in [0.1, 0.15) is 27.7 Å². The van der Waals surface area contributed by atoms with Crippen LogP contribution in [0.3, 0.4) is 0 Å². The van der Waals surface area contributed by atoms with Crippen LogP contribution in [-0.4, -0.2) is 63.6 Å². The highest BCUT2D eigenvalue weighted by Gasteiger charge is 2.29. The van der Waals surface area contributed by atoms with Gasteiger partial charge in [-0.25, -0.2) is 14.7 Å². The predicted octanol–water partition coefficient (Wildman–Crippen LogP) is 2.25. The number of fused-ring (bicyclic) bond motifs is 3. The van der Waals surface area contributed by atoms with E-state index in [9.17, 15) is 14.4 Å². The summed E-state index contributed by atoms with van der Waals surface area (Å²) in [6.45, 7) is -0.580. The molecule has 2 amide bonds. The first-order valence-electron chi connectivity index (χ1n) is 9.61. The third-order valence-corrected chi connectivity index (χ3v) is 4.91. The number of aromatic amines is 1. The molecule has 0 spiro atoms. The molecule has 0 fully saturated rings. The van der Waals surface area contributed by atoms with Gasteiger partial charge in [-0.2, -0.15) is 4.98 Å². The fraction of sp³-hybridized carbons (Fsp3) is 0.190. The lowest BCUT2D eigenvalue weighted by molar-refractivity contribution is -0.159. The molecule has 3 N–H and O–H groups in total. The van der Waals surface area contributed by atoms with Crippen molar-refractivity contribution in [3.63, 3.8) is 0 Å². The van der Waals surface area contributed by atoms with Gasteiger partial charge in [-0.1, -0.05) is 48.5 Å². The van der Waals surface area contributed by atoms with Crippen molar-refractivity contribution in [2.24, 2.45) is 0 Å². The lowest BCUT2D eigenvalue weighted by Gasteiger charge is -2.14. The first-order valence-corrected chi connectivity index (χ1v) is 9.61. The first kappa shape index (κ1) is 21.0. The number of rotatable bonds is 7. The molecule has 11 heteroatoms. The summed E-state index contributed by atoms with van der Waals surface area (Å²) in [7, 11) is 1.23. The Morgan fingerprint density at radius 1 is 1.09 bits per heavy atom. The number of hydrogen-bond donors (Lipinski definition) is 3. The maximum atomic E-state index is 12.3. The normalized spacial score (nSPS) is 12.0. The van der Waals surface area contributed by atoms with Crippen molar-refractivity contribution in [2.75, 3.05) is 25.6 Å². The van der Waals surface area contributed by atoms with Gasteiger partial charge in [0, 0.05) is 13.0 Å². The van der Waals surface area contributed by atoms with Gasteiger partial charge in [0.25, 0.3) is 5.95 Å². The summed E-state index contributed by atoms with van der Waals surface area (Å²) in [5, 5.41) is 17.7. The minimum atomic E-state index is -1.24. The monoisotopic (exact) mass is 437 g/mol. The Balaban J connectivity index is 1.36. The molecule has 3 aromatic rings. The van der Waals surface area contributed by atoms with Gasteiger partial charge < -0.3 is 9.84 Å². The molecule has 164 valence electrons. The molecule has 1 aromatic heterocycles. The second kappa shape index (κ2) is 8.86. The van der Waals surface area contributed by atoms with Gasteiger partial charge in [0.2, 0.25) is 5.82 Å². The average molecular weight is 437 g/mol. The minimum absolute atomic E-state index is 0.0996. The summed E-state index contributed by atoms with van der Waals surface area (Å²) >= 11 is 0. The van der Waals surface area contributed by atoms with Gasteiger partial charge >= 0.3 is 18.0 Å². The Hall–Kier alpha value is -4.25. The number of carboxylic acid groups (broad SMARTS) is 1. The van der Waals surface area contributed by atoms with E-state index in [0.29, 0.717) is 5.06 Å². The highest BCUT2D eigenvalue weighted by atomic mass is 16.7. The van der Waals surface area contributed by atoms with Gasteiger partial charge in [-0.15, -0.1) is 5.10 Å². The standard InChI is InChI=1S/C21H19N5O6/c1-26(32-11-17(27)28)19(29)18-22-20(25-24-18)23-21(30)31-10-16-14-8-4-2-6-12(14)13-7-3-5-9-15(13)16/h2-9,16H,10-11H2,1H3,(H,27,28)(H2,22,23,24,25,30). The van der Waals surface area contributed by atoms with E-state index in [1.165, 1.54) is 7.05 Å². The second-order valence-corrected chi connectivity index (χ2v) is 6.93. The summed E-state index contributed by atoms with van der Waals surface area (Å²) in [4.78, 5) is 43.5. The van der Waals surface area contributed by atoms with Gasteiger partial charge in [0.15, 0.2) is 6.61 Å². The number of nitrogens with zero attached hydrogens (tertiary/aromatic N) is 3. The van der Waals surface area contributed by atoms with Crippen molar-refractivity contribution in [3.8, 4) is 11.1 Å². The summed E-state index contributed by atoms with van der Waals surface area (Å²) in [6, 6.07) is 15.9. The van der Waals surface area contributed by atoms with Crippen LogP contribution in [0.5, 0.6) is 0 Å². The molecular weight excluding hydrogens is 418 g/mol. The zero-order valence-corrected chi connectivity index (χ0v) is 16.9. The number of hydrogen-bond acceptors (Lipinski definition) is 7. The summed E-state index contributed by atoms with van der Waals surface area (Å²) in [5.74, 6) is -2.51. The van der Waals surface area contributed by atoms with E-state index in [4.69, 9.17) is 14.7 Å². The Labute approximate surface area is 181 Å². The van der Waals surface area contributed by atoms with Crippen molar-refractivity contribution >= 4 is 23.9 Å². The van der Waals surface area contributed by atoms with Crippen LogP contribution in [0.25, 0.3) is 11.1 Å². The smallest absolute Gasteiger partial charge is 0.414 e. The van der Waals surface area contributed by atoms with Crippen LogP contribution in [-0.2, 0) is 14.4 Å². The van der Waals surface area contributed by atoms with E-state index in [0.717, 1.165) is 22.3 Å². The van der Waals surface area contributed by atoms with Crippen LogP contribution in [0.4, 0.5) is 10.7 Å². The van der Waals surface area contributed by atoms with Crippen molar-refractivity contribution in [3.05, 3.63) is 65.5 Å². The molecule has 1 aliphatic rings. The molecule has 11 nitrogen and oxygen atoms in total. The average Bonchev–Trinajstić information content (AvgIpc) is 3.38. The van der Waals surface area contributed by atoms with E-state index in [1.807, 2.05) is 48.5 Å². The minimum Gasteiger partial charge on any atom is -0.479 e. The molecule has 32 heavy (non-hydrogen) atoms. The number of benzene rings is 2. The first-order chi connectivity index (χ1) is 15.4. The maximum Gasteiger partial charge on any atom is 0.414 e. The van der Waals surface area contributed by atoms with Gasteiger partial charge in [-0.3, -0.25) is 20.0 Å². The van der Waals surface area contributed by atoms with Gasteiger partial charge in [0.05, 0.1) is 0 Å². The van der Waals surface area contributed by atoms with Crippen LogP contribution >= 0.6 is 0 Å². The maximum absolute atomic E-state index is 12.3. The van der Waals surface area contributed by atoms with E-state index in [1.54, 1.807) is 0 Å². The molecule has 0 unspecified atom stereocenters. The molecule has 4 rings (SSSR count). The number of aliphatic carboxylic acids is 1. The Kier molecular flexibility index (Phi) is 5.81. The molecule has 0 saturated heterocycles. The summed E-state index contributed by atoms with van der Waals surface area (Å²) in [5.41, 5.74) is 4.39. The van der Waals surface area contributed by atoms with E-state index < -0.39 is 24.6 Å². The largest absolute Gasteiger partial charge is 0.479 e.